The molecular formula is C15H23N. The molecule has 0 spiro atoms. The first-order chi connectivity index (χ1) is 7.69. The van der Waals surface area contributed by atoms with E-state index in [1.807, 2.05) is 0 Å². The highest BCUT2D eigenvalue weighted by atomic mass is 14.9. The van der Waals surface area contributed by atoms with Crippen LogP contribution in [-0.4, -0.2) is 6.54 Å². The van der Waals surface area contributed by atoms with Gasteiger partial charge in [0.25, 0.3) is 0 Å². The van der Waals surface area contributed by atoms with Crippen LogP contribution in [0.25, 0.3) is 0 Å². The number of aryl methyl sites for hydroxylation is 1. The van der Waals surface area contributed by atoms with Crippen LogP contribution in [0.4, 0.5) is 0 Å². The van der Waals surface area contributed by atoms with E-state index in [4.69, 9.17) is 0 Å². The maximum Gasteiger partial charge on any atom is 0.0374 e. The average molecular weight is 217 g/mol. The Morgan fingerprint density at radius 3 is 2.25 bits per heavy atom. The third-order valence-corrected chi connectivity index (χ3v) is 3.87. The molecule has 0 saturated heterocycles. The molecule has 0 heterocycles. The van der Waals surface area contributed by atoms with Gasteiger partial charge in [-0.05, 0) is 42.3 Å². The summed E-state index contributed by atoms with van der Waals surface area (Å²) in [6, 6.07) is 9.69. The lowest BCUT2D eigenvalue weighted by Crippen LogP contribution is -2.27. The molecule has 1 atom stereocenters. The minimum Gasteiger partial charge on any atom is -0.310 e. The summed E-state index contributed by atoms with van der Waals surface area (Å²) < 4.78 is 0. The van der Waals surface area contributed by atoms with E-state index in [-0.39, 0.29) is 0 Å². The Bertz CT molecular complexity index is 335. The zero-order valence-corrected chi connectivity index (χ0v) is 10.7. The van der Waals surface area contributed by atoms with Gasteiger partial charge in [0.05, 0.1) is 0 Å². The molecule has 2 rings (SSSR count). The van der Waals surface area contributed by atoms with Crippen LogP contribution in [0.15, 0.2) is 24.3 Å². The molecule has 1 N–H and O–H groups in total. The van der Waals surface area contributed by atoms with Gasteiger partial charge in [0.15, 0.2) is 0 Å². The summed E-state index contributed by atoms with van der Waals surface area (Å²) in [6.07, 6.45) is 3.85. The lowest BCUT2D eigenvalue weighted by molar-refractivity contribution is 0.373. The van der Waals surface area contributed by atoms with Crippen molar-refractivity contribution in [2.75, 3.05) is 6.54 Å². The maximum absolute atomic E-state index is 3.64. The molecule has 1 aromatic carbocycles. The van der Waals surface area contributed by atoms with Crippen LogP contribution < -0.4 is 5.32 Å². The van der Waals surface area contributed by atoms with Crippen LogP contribution in [0.5, 0.6) is 0 Å². The Hall–Kier alpha value is -0.820. The second kappa shape index (κ2) is 4.58. The highest BCUT2D eigenvalue weighted by molar-refractivity contribution is 5.27. The molecule has 1 aromatic rings. The van der Waals surface area contributed by atoms with Crippen molar-refractivity contribution in [1.82, 2.24) is 5.32 Å². The molecule has 1 unspecified atom stereocenters. The van der Waals surface area contributed by atoms with Crippen molar-refractivity contribution in [3.8, 4) is 0 Å². The first-order valence-electron chi connectivity index (χ1n) is 6.52. The Kier molecular flexibility index (Phi) is 3.34. The molecule has 88 valence electrons. The summed E-state index contributed by atoms with van der Waals surface area (Å²) in [4.78, 5) is 0. The van der Waals surface area contributed by atoms with Gasteiger partial charge in [-0.25, -0.2) is 0 Å². The van der Waals surface area contributed by atoms with Crippen molar-refractivity contribution in [3.63, 3.8) is 0 Å². The predicted octanol–water partition coefficient (Wildman–Crippen LogP) is 3.70. The molecule has 16 heavy (non-hydrogen) atoms. The summed E-state index contributed by atoms with van der Waals surface area (Å²) in [7, 11) is 0. The van der Waals surface area contributed by atoms with Crippen molar-refractivity contribution in [3.05, 3.63) is 35.4 Å². The van der Waals surface area contributed by atoms with Gasteiger partial charge in [-0.2, -0.15) is 0 Å². The number of hydrogen-bond donors (Lipinski definition) is 1. The fourth-order valence-electron chi connectivity index (χ4n) is 2.40. The van der Waals surface area contributed by atoms with Gasteiger partial charge in [-0.15, -0.1) is 0 Å². The summed E-state index contributed by atoms with van der Waals surface area (Å²) >= 11 is 0. The Balaban J connectivity index is 2.18. The van der Waals surface area contributed by atoms with E-state index in [1.54, 1.807) is 0 Å². The van der Waals surface area contributed by atoms with Crippen LogP contribution in [0, 0.1) is 5.41 Å². The second-order valence-electron chi connectivity index (χ2n) is 5.24. The van der Waals surface area contributed by atoms with Gasteiger partial charge >= 0.3 is 0 Å². The predicted molar refractivity (Wildman–Crippen MR) is 69.6 cm³/mol. The molecule has 0 amide bonds. The van der Waals surface area contributed by atoms with Crippen LogP contribution in [-0.2, 0) is 6.42 Å². The van der Waals surface area contributed by atoms with Crippen molar-refractivity contribution in [2.24, 2.45) is 5.41 Å². The van der Waals surface area contributed by atoms with E-state index in [0.717, 1.165) is 13.0 Å². The smallest absolute Gasteiger partial charge is 0.0374 e. The molecule has 0 aliphatic heterocycles. The van der Waals surface area contributed by atoms with Crippen molar-refractivity contribution in [2.45, 2.75) is 46.1 Å². The van der Waals surface area contributed by atoms with E-state index >= 15 is 0 Å². The van der Waals surface area contributed by atoms with Gasteiger partial charge in [0.1, 0.15) is 0 Å². The fraction of sp³-hybridized carbons (Fsp3) is 0.600. The molecule has 1 nitrogen and oxygen atoms in total. The number of benzene rings is 1. The van der Waals surface area contributed by atoms with Crippen LogP contribution in [0.3, 0.4) is 0 Å². The highest BCUT2D eigenvalue weighted by Gasteiger charge is 2.44. The van der Waals surface area contributed by atoms with Crippen molar-refractivity contribution >= 4 is 0 Å². The molecule has 1 aliphatic rings. The topological polar surface area (TPSA) is 12.0 Å². The summed E-state index contributed by atoms with van der Waals surface area (Å²) in [6.45, 7) is 7.85. The van der Waals surface area contributed by atoms with Gasteiger partial charge in [0, 0.05) is 6.04 Å². The number of hydrogen-bond acceptors (Lipinski definition) is 1. The molecule has 1 fully saturated rings. The SMILES string of the molecule is CCNC(c1ccc(CC)cc1)C1(C)CC1. The molecule has 1 saturated carbocycles. The second-order valence-corrected chi connectivity index (χ2v) is 5.24. The van der Waals surface area contributed by atoms with Crippen molar-refractivity contribution in [1.29, 1.82) is 0 Å². The van der Waals surface area contributed by atoms with Crippen LogP contribution in [0.1, 0.15) is 50.8 Å². The molecule has 0 bridgehead atoms. The van der Waals surface area contributed by atoms with E-state index in [1.165, 1.54) is 24.0 Å². The largest absolute Gasteiger partial charge is 0.310 e. The first kappa shape index (κ1) is 11.7. The first-order valence-corrected chi connectivity index (χ1v) is 6.52. The van der Waals surface area contributed by atoms with E-state index < -0.39 is 0 Å². The molecule has 1 aliphatic carbocycles. The molecule has 0 radical (unpaired) electrons. The Labute approximate surface area is 99.3 Å². The Morgan fingerprint density at radius 2 is 1.81 bits per heavy atom. The van der Waals surface area contributed by atoms with Gasteiger partial charge in [-0.1, -0.05) is 45.0 Å². The summed E-state index contributed by atoms with van der Waals surface area (Å²) in [5.74, 6) is 0. The monoisotopic (exact) mass is 217 g/mol. The van der Waals surface area contributed by atoms with Gasteiger partial charge < -0.3 is 5.32 Å². The van der Waals surface area contributed by atoms with E-state index in [9.17, 15) is 0 Å². The highest BCUT2D eigenvalue weighted by Crippen LogP contribution is 2.54. The summed E-state index contributed by atoms with van der Waals surface area (Å²) in [5.41, 5.74) is 3.39. The van der Waals surface area contributed by atoms with Crippen LogP contribution >= 0.6 is 0 Å². The molecule has 1 heteroatoms. The number of rotatable bonds is 5. The van der Waals surface area contributed by atoms with Crippen LogP contribution in [0.2, 0.25) is 0 Å². The lowest BCUT2D eigenvalue weighted by atomic mass is 9.91. The minimum atomic E-state index is 0.504. The molecular weight excluding hydrogens is 194 g/mol. The van der Waals surface area contributed by atoms with Crippen molar-refractivity contribution < 1.29 is 0 Å². The van der Waals surface area contributed by atoms with E-state index in [0.29, 0.717) is 11.5 Å². The van der Waals surface area contributed by atoms with Gasteiger partial charge in [-0.3, -0.25) is 0 Å². The average Bonchev–Trinajstić information content (AvgIpc) is 3.05. The fourth-order valence-corrected chi connectivity index (χ4v) is 2.40. The van der Waals surface area contributed by atoms with E-state index in [2.05, 4.69) is 50.4 Å². The third kappa shape index (κ3) is 2.30. The zero-order valence-electron chi connectivity index (χ0n) is 10.7. The summed E-state index contributed by atoms with van der Waals surface area (Å²) in [5, 5.41) is 3.64. The maximum atomic E-state index is 3.64. The normalized spacial score (nSPS) is 19.4. The Morgan fingerprint density at radius 1 is 1.19 bits per heavy atom. The zero-order chi connectivity index (χ0) is 11.6. The lowest BCUT2D eigenvalue weighted by Gasteiger charge is -2.25. The van der Waals surface area contributed by atoms with Gasteiger partial charge in [0.2, 0.25) is 0 Å². The minimum absolute atomic E-state index is 0.504. The third-order valence-electron chi connectivity index (χ3n) is 3.87. The quantitative estimate of drug-likeness (QED) is 0.793. The standard InChI is InChI=1S/C15H23N/c1-4-12-6-8-13(9-7-12)14(16-5-2)15(3)10-11-15/h6-9,14,16H,4-5,10-11H2,1-3H3. The number of nitrogens with one attached hydrogen (secondary N) is 1. The molecule has 0 aromatic heterocycles.